The summed E-state index contributed by atoms with van der Waals surface area (Å²) >= 11 is 0. The van der Waals surface area contributed by atoms with Crippen molar-refractivity contribution in [1.29, 1.82) is 0 Å². The maximum Gasteiger partial charge on any atom is 0.441 e. The molecule has 3 aliphatic rings. The average molecular weight is 580 g/mol. The Morgan fingerprint density at radius 3 is 2.55 bits per heavy atom. The second-order valence-electron chi connectivity index (χ2n) is 10.1. The second kappa shape index (κ2) is 11.4. The van der Waals surface area contributed by atoms with Crippen LogP contribution >= 0.6 is 10.6 Å². The van der Waals surface area contributed by atoms with E-state index in [2.05, 4.69) is 20.4 Å². The third-order valence-corrected chi connectivity index (χ3v) is 9.51. The van der Waals surface area contributed by atoms with Gasteiger partial charge >= 0.3 is 23.2 Å². The number of ether oxygens (including phenoxy) is 1. The highest BCUT2D eigenvalue weighted by Gasteiger charge is 2.59. The first-order chi connectivity index (χ1) is 19.2. The number of carbonyl (C=O) groups excluding carboxylic acids is 4. The molecule has 1 spiro atoms. The van der Waals surface area contributed by atoms with Gasteiger partial charge in [-0.2, -0.15) is 4.98 Å². The molecule has 2 amide bonds. The topological polar surface area (TPSA) is 162 Å². The lowest BCUT2D eigenvalue weighted by atomic mass is 9.97. The summed E-state index contributed by atoms with van der Waals surface area (Å²) in [5, 5.41) is 7.08. The normalized spacial score (nSPS) is 21.6. The molecule has 1 aromatic carbocycles. The Bertz CT molecular complexity index is 1300. The van der Waals surface area contributed by atoms with E-state index in [1.54, 1.807) is 6.07 Å². The van der Waals surface area contributed by atoms with Gasteiger partial charge in [-0.25, -0.2) is 18.8 Å². The van der Waals surface area contributed by atoms with Crippen molar-refractivity contribution in [2.45, 2.75) is 44.3 Å². The van der Waals surface area contributed by atoms with Crippen LogP contribution in [-0.2, 0) is 29.2 Å². The summed E-state index contributed by atoms with van der Waals surface area (Å²) in [5.74, 6) is -2.43. The third kappa shape index (κ3) is 5.61. The van der Waals surface area contributed by atoms with Crippen LogP contribution in [0.2, 0.25) is 0 Å². The highest BCUT2D eigenvalue weighted by atomic mass is 32.3. The fraction of sp³-hybridized carbons (Fsp3) is 0.520. The Morgan fingerprint density at radius 2 is 1.90 bits per heavy atom. The molecule has 3 saturated heterocycles. The molecule has 5 rings (SSSR count). The van der Waals surface area contributed by atoms with Crippen LogP contribution in [0.15, 0.2) is 22.7 Å². The first-order valence-electron chi connectivity index (χ1n) is 13.0. The number of nitrogens with one attached hydrogen (secondary N) is 2. The number of halogens is 1. The molecule has 1 atom stereocenters. The lowest BCUT2D eigenvalue weighted by molar-refractivity contribution is -0.150. The van der Waals surface area contributed by atoms with Crippen molar-refractivity contribution in [1.82, 2.24) is 20.8 Å². The van der Waals surface area contributed by atoms with Gasteiger partial charge in [0, 0.05) is 38.0 Å². The number of imide groups is 1. The number of amides is 2. The Labute approximate surface area is 230 Å². The Kier molecular flexibility index (Phi) is 7.94. The summed E-state index contributed by atoms with van der Waals surface area (Å²) in [6, 6.07) is 4.71. The summed E-state index contributed by atoms with van der Waals surface area (Å²) in [6.07, 6.45) is 1.68. The molecule has 13 nitrogen and oxygen atoms in total. The van der Waals surface area contributed by atoms with Gasteiger partial charge in [0.25, 0.3) is 5.91 Å². The zero-order valence-electron chi connectivity index (χ0n) is 22.0. The molecular weight excluding hydrogens is 549 g/mol. The third-order valence-electron chi connectivity index (χ3n) is 6.96. The zero-order valence-corrected chi connectivity index (χ0v) is 22.8. The molecular formula is C25H30FN5O8S. The van der Waals surface area contributed by atoms with Crippen LogP contribution in [0, 0.1) is 11.7 Å². The molecule has 0 aliphatic carbocycles. The van der Waals surface area contributed by atoms with Gasteiger partial charge in [0.2, 0.25) is 0 Å². The smallest absolute Gasteiger partial charge is 0.441 e. The first kappa shape index (κ1) is 27.8. The summed E-state index contributed by atoms with van der Waals surface area (Å²) in [5.41, 5.74) is 0.0819. The van der Waals surface area contributed by atoms with Crippen LogP contribution in [-0.4, -0.2) is 71.3 Å². The van der Waals surface area contributed by atoms with E-state index in [9.17, 15) is 23.6 Å². The minimum absolute atomic E-state index is 0.0819. The predicted molar refractivity (Wildman–Crippen MR) is 139 cm³/mol. The van der Waals surface area contributed by atoms with Crippen molar-refractivity contribution in [3.05, 3.63) is 35.4 Å². The Balaban J connectivity index is 1.05. The molecule has 3 aliphatic heterocycles. The number of hydrogen-bond donors (Lipinski definition) is 2. The molecule has 0 bridgehead atoms. The summed E-state index contributed by atoms with van der Waals surface area (Å²) in [4.78, 5) is 54.2. The zero-order chi connectivity index (χ0) is 28.4. The van der Waals surface area contributed by atoms with E-state index in [1.165, 1.54) is 12.1 Å². The van der Waals surface area contributed by atoms with Gasteiger partial charge in [-0.15, -0.1) is 0 Å². The lowest BCUT2D eigenvalue weighted by Gasteiger charge is -2.31. The molecule has 0 radical (unpaired) electrons. The van der Waals surface area contributed by atoms with Gasteiger partial charge in [0.05, 0.1) is 0 Å². The number of benzene rings is 1. The molecule has 4 heterocycles. The van der Waals surface area contributed by atoms with Crippen LogP contribution in [0.1, 0.15) is 44.0 Å². The maximum atomic E-state index is 14.8. The highest BCUT2D eigenvalue weighted by Crippen LogP contribution is 2.62. The number of anilines is 1. The molecule has 1 unspecified atom stereocenters. The van der Waals surface area contributed by atoms with Crippen molar-refractivity contribution < 1.29 is 41.2 Å². The second-order valence-corrected chi connectivity index (χ2v) is 12.4. The number of piperidine rings is 1. The van der Waals surface area contributed by atoms with E-state index in [4.69, 9.17) is 17.6 Å². The van der Waals surface area contributed by atoms with Crippen molar-refractivity contribution >= 4 is 39.7 Å². The van der Waals surface area contributed by atoms with Crippen molar-refractivity contribution in [2.75, 3.05) is 37.7 Å². The molecule has 216 valence electrons. The first-order valence-corrected chi connectivity index (χ1v) is 14.6. The number of rotatable bonds is 10. The van der Waals surface area contributed by atoms with Crippen LogP contribution in [0.5, 0.6) is 5.75 Å². The molecule has 3 fully saturated rings. The summed E-state index contributed by atoms with van der Waals surface area (Å²) in [7, 11) is -3.49. The molecule has 0 saturated carbocycles. The Morgan fingerprint density at radius 1 is 1.18 bits per heavy atom. The number of aromatic nitrogens is 2. The summed E-state index contributed by atoms with van der Waals surface area (Å²) in [6.45, 7) is 7.45. The standard InChI is InChI=1S/C25H30FN5O8S/c1-14(2)20-28-24(37-30-20)31-8-5-15(6-9-31)13-27-7-10-36-17-4-3-16(18(26)12-17)11-19-21(32)29-25(35)40(19)38-22(33)23(34)39-40/h3-4,12,14-15,19,27H,5-11,13H2,1-2H3,(H,29,32,35). The fourth-order valence-corrected chi connectivity index (χ4v) is 6.92. The summed E-state index contributed by atoms with van der Waals surface area (Å²) < 4.78 is 35.6. The van der Waals surface area contributed by atoms with E-state index in [-0.39, 0.29) is 17.9 Å². The van der Waals surface area contributed by atoms with Crippen molar-refractivity contribution in [3.63, 3.8) is 0 Å². The van der Waals surface area contributed by atoms with E-state index in [0.29, 0.717) is 36.7 Å². The molecule has 40 heavy (non-hydrogen) atoms. The fourth-order valence-electron chi connectivity index (χ4n) is 4.67. The monoisotopic (exact) mass is 579 g/mol. The van der Waals surface area contributed by atoms with E-state index in [1.807, 2.05) is 19.2 Å². The van der Waals surface area contributed by atoms with E-state index in [0.717, 1.165) is 32.5 Å². The van der Waals surface area contributed by atoms with Crippen LogP contribution in [0.4, 0.5) is 15.2 Å². The SMILES string of the molecule is CC(C)c1noc(N2CCC(CNCCOc3ccc(CC4C(=O)NC(=O)S45OC(=O)C(=O)O5)c(F)c3)CC2)n1. The highest BCUT2D eigenvalue weighted by molar-refractivity contribution is 8.40. The van der Waals surface area contributed by atoms with Crippen LogP contribution in [0.25, 0.3) is 0 Å². The average Bonchev–Trinajstić information content (AvgIpc) is 3.59. The van der Waals surface area contributed by atoms with E-state index >= 15 is 0 Å². The quantitative estimate of drug-likeness (QED) is 0.312. The minimum atomic E-state index is -3.49. The number of carbonyl (C=O) groups is 4. The minimum Gasteiger partial charge on any atom is -0.492 e. The van der Waals surface area contributed by atoms with Gasteiger partial charge in [0.15, 0.2) is 11.1 Å². The lowest BCUT2D eigenvalue weighted by Crippen LogP contribution is -2.38. The largest absolute Gasteiger partial charge is 0.492 e. The van der Waals surface area contributed by atoms with Gasteiger partial charge in [-0.3, -0.25) is 10.1 Å². The molecule has 2 aromatic rings. The van der Waals surface area contributed by atoms with Crippen LogP contribution in [0.3, 0.4) is 0 Å². The molecule has 2 N–H and O–H groups in total. The molecule has 15 heteroatoms. The predicted octanol–water partition coefficient (Wildman–Crippen LogP) is 2.11. The van der Waals surface area contributed by atoms with Crippen LogP contribution < -0.4 is 20.3 Å². The van der Waals surface area contributed by atoms with E-state index < -0.39 is 44.7 Å². The number of nitrogens with zero attached hydrogens (tertiary/aromatic N) is 3. The maximum absolute atomic E-state index is 14.8. The number of hydrogen-bond acceptors (Lipinski definition) is 12. The van der Waals surface area contributed by atoms with Gasteiger partial charge in [-0.05, 0) is 47.5 Å². The Hall–Kier alpha value is -3.72. The van der Waals surface area contributed by atoms with Gasteiger partial charge < -0.3 is 27.8 Å². The van der Waals surface area contributed by atoms with Crippen molar-refractivity contribution in [3.8, 4) is 5.75 Å². The van der Waals surface area contributed by atoms with Gasteiger partial charge in [-0.1, -0.05) is 25.1 Å². The van der Waals surface area contributed by atoms with Crippen molar-refractivity contribution in [2.24, 2.45) is 5.92 Å². The van der Waals surface area contributed by atoms with Gasteiger partial charge in [0.1, 0.15) is 18.2 Å². The molecule has 1 aromatic heterocycles.